The predicted molar refractivity (Wildman–Crippen MR) is 270 cm³/mol. The molecular weight excluding hydrogens is 787 g/mol. The molecule has 6 nitrogen and oxygen atoms in total. The second kappa shape index (κ2) is 51.5. The zero-order valence-corrected chi connectivity index (χ0v) is 41.3. The number of carbonyl (C=O) groups excluding carboxylic acids is 3. The van der Waals surface area contributed by atoms with Crippen molar-refractivity contribution in [3.63, 3.8) is 0 Å². The third-order valence-electron chi connectivity index (χ3n) is 11.2. The lowest BCUT2D eigenvalue weighted by Crippen LogP contribution is -2.30. The van der Waals surface area contributed by atoms with Gasteiger partial charge in [0.1, 0.15) is 13.2 Å². The van der Waals surface area contributed by atoms with E-state index < -0.39 is 6.10 Å². The molecule has 0 aromatic heterocycles. The highest BCUT2D eigenvalue weighted by molar-refractivity contribution is 5.71. The molecule has 0 aliphatic carbocycles. The SMILES string of the molecule is CCCCC/C=C\C/C=C\CCCCCCC[14C](=O)OCC(CO[14C](=O)CCCCCCC/C=C\C/C=C\CCCCC)O[14C](=O)CCCCCCC/C=C\C/C=C\CCCCC. The van der Waals surface area contributed by atoms with Crippen molar-refractivity contribution in [2.45, 2.75) is 258 Å². The summed E-state index contributed by atoms with van der Waals surface area (Å²) in [6.45, 7) is 6.52. The van der Waals surface area contributed by atoms with E-state index in [0.29, 0.717) is 19.3 Å². The Morgan fingerprint density at radius 3 is 0.873 bits per heavy atom. The first-order chi connectivity index (χ1) is 31.0. The first kappa shape index (κ1) is 59.9. The van der Waals surface area contributed by atoms with Crippen LogP contribution in [0.1, 0.15) is 252 Å². The zero-order valence-electron chi connectivity index (χ0n) is 41.3. The third kappa shape index (κ3) is 49.7. The van der Waals surface area contributed by atoms with Gasteiger partial charge in [-0.2, -0.15) is 0 Å². The van der Waals surface area contributed by atoms with E-state index in [9.17, 15) is 14.4 Å². The fourth-order valence-electron chi connectivity index (χ4n) is 7.12. The van der Waals surface area contributed by atoms with Crippen molar-refractivity contribution >= 4 is 17.9 Å². The van der Waals surface area contributed by atoms with Gasteiger partial charge < -0.3 is 14.2 Å². The molecule has 0 heterocycles. The number of hydrogen-bond donors (Lipinski definition) is 0. The average molecular weight is 885 g/mol. The van der Waals surface area contributed by atoms with Crippen LogP contribution in [0.2, 0.25) is 0 Å². The van der Waals surface area contributed by atoms with Crippen molar-refractivity contribution in [2.75, 3.05) is 13.2 Å². The van der Waals surface area contributed by atoms with Gasteiger partial charge in [-0.3, -0.25) is 14.4 Å². The summed E-state index contributed by atoms with van der Waals surface area (Å²) in [6.07, 6.45) is 64.4. The topological polar surface area (TPSA) is 78.9 Å². The molecule has 6 heteroatoms. The van der Waals surface area contributed by atoms with Gasteiger partial charge in [-0.1, -0.05) is 190 Å². The normalized spacial score (nSPS) is 12.2. The number of rotatable bonds is 47. The van der Waals surface area contributed by atoms with E-state index in [1.165, 1.54) is 77.0 Å². The molecule has 0 aliphatic heterocycles. The van der Waals surface area contributed by atoms with Crippen LogP contribution < -0.4 is 0 Å². The van der Waals surface area contributed by atoms with E-state index in [1.54, 1.807) is 0 Å². The van der Waals surface area contributed by atoms with Crippen LogP contribution >= 0.6 is 0 Å². The molecular formula is C57H98O6. The van der Waals surface area contributed by atoms with Crippen LogP contribution in [-0.2, 0) is 28.6 Å². The minimum atomic E-state index is -0.794. The van der Waals surface area contributed by atoms with Gasteiger partial charge in [0, 0.05) is 19.3 Å². The maximum absolute atomic E-state index is 12.8. The molecule has 0 fully saturated rings. The van der Waals surface area contributed by atoms with Gasteiger partial charge in [0.05, 0.1) is 0 Å². The fourth-order valence-corrected chi connectivity index (χ4v) is 7.12. The first-order valence-corrected chi connectivity index (χ1v) is 26.4. The summed E-state index contributed by atoms with van der Waals surface area (Å²) in [7, 11) is 0. The Morgan fingerprint density at radius 1 is 0.317 bits per heavy atom. The summed E-state index contributed by atoms with van der Waals surface area (Å²) < 4.78 is 16.8. The van der Waals surface area contributed by atoms with Crippen molar-refractivity contribution in [2.24, 2.45) is 0 Å². The fraction of sp³-hybridized carbons (Fsp3) is 0.737. The number of hydrogen-bond acceptors (Lipinski definition) is 6. The maximum atomic E-state index is 12.8. The van der Waals surface area contributed by atoms with E-state index in [0.717, 1.165) is 135 Å². The summed E-state index contributed by atoms with van der Waals surface area (Å²) in [5, 5.41) is 0. The Morgan fingerprint density at radius 2 is 0.571 bits per heavy atom. The standard InChI is InChI=1S/C57H98O6/c1-4-7-10-13-16-19-22-25-28-31-34-37-40-43-46-49-55(58)61-52-54(63-57(60)51-48-45-42-39-36-33-30-27-24-21-18-15-12-9-6-3)53-62-56(59)50-47-44-41-38-35-32-29-26-23-20-17-14-11-8-5-2/h16-21,25-30,54H,4-15,22-24,31-53H2,1-3H3/b19-16-,20-17-,21-18-,28-25-,29-26-,30-27-/i55+2,56+2,57+2. The minimum Gasteiger partial charge on any atom is -0.462 e. The smallest absolute Gasteiger partial charge is 0.306 e. The third-order valence-corrected chi connectivity index (χ3v) is 11.2. The van der Waals surface area contributed by atoms with Crippen molar-refractivity contribution in [3.8, 4) is 0 Å². The second-order valence-corrected chi connectivity index (χ2v) is 17.4. The largest absolute Gasteiger partial charge is 0.462 e. The molecule has 0 amide bonds. The number of carbonyl (C=O) groups is 3. The maximum Gasteiger partial charge on any atom is 0.306 e. The Balaban J connectivity index is 4.46. The van der Waals surface area contributed by atoms with Crippen LogP contribution in [0.4, 0.5) is 0 Å². The molecule has 63 heavy (non-hydrogen) atoms. The molecule has 362 valence electrons. The Bertz CT molecular complexity index is 1130. The Hall–Kier alpha value is -3.15. The van der Waals surface area contributed by atoms with Crippen LogP contribution in [0.25, 0.3) is 0 Å². The molecule has 0 radical (unpaired) electrons. The van der Waals surface area contributed by atoms with Gasteiger partial charge in [0.2, 0.25) is 0 Å². The van der Waals surface area contributed by atoms with Crippen LogP contribution in [-0.4, -0.2) is 37.2 Å². The second-order valence-electron chi connectivity index (χ2n) is 17.4. The van der Waals surface area contributed by atoms with Crippen LogP contribution in [0.15, 0.2) is 72.9 Å². The highest BCUT2D eigenvalue weighted by Crippen LogP contribution is 2.13. The lowest BCUT2D eigenvalue weighted by Gasteiger charge is -2.18. The summed E-state index contributed by atoms with van der Waals surface area (Å²) in [5.41, 5.74) is 0. The molecule has 0 aromatic rings. The summed E-state index contributed by atoms with van der Waals surface area (Å²) in [4.78, 5) is 38.0. The predicted octanol–water partition coefficient (Wildman–Crippen LogP) is 17.4. The number of esters is 3. The van der Waals surface area contributed by atoms with Gasteiger partial charge in [-0.15, -0.1) is 0 Å². The molecule has 0 N–H and O–H groups in total. The molecule has 0 spiro atoms. The highest BCUT2D eigenvalue weighted by atomic mass is 16.8. The van der Waals surface area contributed by atoms with E-state index in [4.69, 9.17) is 14.2 Å². The highest BCUT2D eigenvalue weighted by Gasteiger charge is 2.19. The molecule has 0 saturated heterocycles. The summed E-state index contributed by atoms with van der Waals surface area (Å²) >= 11 is 0. The van der Waals surface area contributed by atoms with Gasteiger partial charge in [0.25, 0.3) is 0 Å². The van der Waals surface area contributed by atoms with E-state index in [-0.39, 0.29) is 31.1 Å². The van der Waals surface area contributed by atoms with E-state index in [2.05, 4.69) is 93.7 Å². The average Bonchev–Trinajstić information content (AvgIpc) is 3.28. The van der Waals surface area contributed by atoms with Gasteiger partial charge in [0.15, 0.2) is 6.10 Å². The molecule has 0 unspecified atom stereocenters. The zero-order chi connectivity index (χ0) is 45.8. The van der Waals surface area contributed by atoms with Crippen molar-refractivity contribution in [3.05, 3.63) is 72.9 Å². The Labute approximate surface area is 389 Å². The summed E-state index contributed by atoms with van der Waals surface area (Å²) in [5.74, 6) is -0.931. The van der Waals surface area contributed by atoms with Crippen molar-refractivity contribution in [1.82, 2.24) is 0 Å². The number of unbranched alkanes of at least 4 members (excludes halogenated alkanes) is 24. The lowest BCUT2D eigenvalue weighted by molar-refractivity contribution is -0.167. The monoisotopic (exact) mass is 885 g/mol. The van der Waals surface area contributed by atoms with Crippen LogP contribution in [0.3, 0.4) is 0 Å². The molecule has 0 atom stereocenters. The first-order valence-electron chi connectivity index (χ1n) is 26.4. The lowest BCUT2D eigenvalue weighted by atomic mass is 10.1. The van der Waals surface area contributed by atoms with Crippen LogP contribution in [0.5, 0.6) is 0 Å². The Kier molecular flexibility index (Phi) is 48.9. The van der Waals surface area contributed by atoms with E-state index >= 15 is 0 Å². The summed E-state index contributed by atoms with van der Waals surface area (Å²) in [6, 6.07) is 0. The van der Waals surface area contributed by atoms with Gasteiger partial charge in [-0.25, -0.2) is 0 Å². The molecule has 0 rings (SSSR count). The molecule has 0 saturated carbocycles. The molecule has 0 aromatic carbocycles. The van der Waals surface area contributed by atoms with Crippen LogP contribution in [0, 0.1) is 0 Å². The van der Waals surface area contributed by atoms with Gasteiger partial charge >= 0.3 is 17.9 Å². The van der Waals surface area contributed by atoms with E-state index in [1.807, 2.05) is 0 Å². The minimum absolute atomic E-state index is 0.0933. The quantitative estimate of drug-likeness (QED) is 0.0262. The molecule has 0 aliphatic rings. The van der Waals surface area contributed by atoms with Crippen molar-refractivity contribution in [1.29, 1.82) is 0 Å². The number of ether oxygens (including phenoxy) is 3. The van der Waals surface area contributed by atoms with Crippen molar-refractivity contribution < 1.29 is 28.6 Å². The number of allylic oxidation sites excluding steroid dienone is 12. The molecule has 0 bridgehead atoms. The van der Waals surface area contributed by atoms with Gasteiger partial charge in [-0.05, 0) is 116 Å².